The lowest BCUT2D eigenvalue weighted by Crippen LogP contribution is -2.53. The van der Waals surface area contributed by atoms with Crippen LogP contribution in [0.4, 0.5) is 0 Å². The first kappa shape index (κ1) is 19.6. The summed E-state index contributed by atoms with van der Waals surface area (Å²) in [5, 5.41) is 3.04. The average Bonchev–Trinajstić information content (AvgIpc) is 3.48. The van der Waals surface area contributed by atoms with Crippen molar-refractivity contribution in [3.63, 3.8) is 0 Å². The van der Waals surface area contributed by atoms with Gasteiger partial charge < -0.3 is 11.1 Å². The highest BCUT2D eigenvalue weighted by Gasteiger charge is 2.41. The summed E-state index contributed by atoms with van der Waals surface area (Å²) in [6.07, 6.45) is 2.17. The molecule has 1 amide bonds. The van der Waals surface area contributed by atoms with Crippen LogP contribution in [-0.4, -0.2) is 26.4 Å². The lowest BCUT2D eigenvalue weighted by Gasteiger charge is -2.29. The van der Waals surface area contributed by atoms with Crippen LogP contribution in [0.3, 0.4) is 0 Å². The molecule has 0 spiro atoms. The van der Waals surface area contributed by atoms with Crippen LogP contribution in [0.15, 0.2) is 53.4 Å². The van der Waals surface area contributed by atoms with E-state index in [1.54, 1.807) is 48.5 Å². The van der Waals surface area contributed by atoms with E-state index >= 15 is 0 Å². The van der Waals surface area contributed by atoms with Gasteiger partial charge in [0.05, 0.1) is 16.2 Å². The zero-order valence-electron chi connectivity index (χ0n) is 15.7. The molecule has 1 atom stereocenters. The first-order chi connectivity index (χ1) is 12.7. The number of hydrogen-bond donors (Lipinski definition) is 2. The summed E-state index contributed by atoms with van der Waals surface area (Å²) in [5.41, 5.74) is 7.64. The number of nitrogens with one attached hydrogen (secondary N) is 1. The maximum Gasteiger partial charge on any atom is 0.251 e. The summed E-state index contributed by atoms with van der Waals surface area (Å²) in [7, 11) is -3.42. The van der Waals surface area contributed by atoms with Crippen LogP contribution >= 0.6 is 0 Å². The van der Waals surface area contributed by atoms with Gasteiger partial charge in [-0.25, -0.2) is 8.42 Å². The molecule has 144 valence electrons. The number of amides is 1. The van der Waals surface area contributed by atoms with Gasteiger partial charge in [0.1, 0.15) is 0 Å². The topological polar surface area (TPSA) is 89.3 Å². The zero-order chi connectivity index (χ0) is 19.7. The fraction of sp³-hybridized carbons (Fsp3) is 0.381. The molecule has 6 heteroatoms. The second-order valence-corrected chi connectivity index (χ2v) is 9.61. The van der Waals surface area contributed by atoms with Crippen LogP contribution in [0, 0.1) is 12.8 Å². The first-order valence-corrected chi connectivity index (χ1v) is 10.8. The van der Waals surface area contributed by atoms with Crippen LogP contribution in [0.25, 0.3) is 0 Å². The Morgan fingerprint density at radius 1 is 1.11 bits per heavy atom. The molecular weight excluding hydrogens is 360 g/mol. The molecule has 1 aliphatic rings. The SMILES string of the molecule is Cc1ccc(S(=O)(=O)Cc2ccc(C(=O)NC(C)(CN)C3CC3)cc2)cc1. The Labute approximate surface area is 160 Å². The maximum atomic E-state index is 12.5. The van der Waals surface area contributed by atoms with E-state index in [0.717, 1.165) is 18.4 Å². The molecule has 1 aliphatic carbocycles. The summed E-state index contributed by atoms with van der Waals surface area (Å²) in [4.78, 5) is 12.8. The summed E-state index contributed by atoms with van der Waals surface area (Å²) in [5.74, 6) is 0.161. The Hall–Kier alpha value is -2.18. The van der Waals surface area contributed by atoms with Crippen molar-refractivity contribution in [2.45, 2.75) is 42.9 Å². The number of carbonyl (C=O) groups is 1. The molecule has 0 aromatic heterocycles. The Kier molecular flexibility index (Phi) is 5.40. The molecular formula is C21H26N2O3S. The number of benzene rings is 2. The van der Waals surface area contributed by atoms with Gasteiger partial charge in [-0.05, 0) is 62.4 Å². The Morgan fingerprint density at radius 3 is 2.22 bits per heavy atom. The van der Waals surface area contributed by atoms with Gasteiger partial charge in [-0.2, -0.15) is 0 Å². The van der Waals surface area contributed by atoms with E-state index in [9.17, 15) is 13.2 Å². The number of nitrogens with two attached hydrogens (primary N) is 1. The monoisotopic (exact) mass is 386 g/mol. The van der Waals surface area contributed by atoms with Crippen LogP contribution in [-0.2, 0) is 15.6 Å². The highest BCUT2D eigenvalue weighted by Crippen LogP contribution is 2.39. The average molecular weight is 387 g/mol. The molecule has 0 radical (unpaired) electrons. The van der Waals surface area contributed by atoms with Gasteiger partial charge in [-0.15, -0.1) is 0 Å². The summed E-state index contributed by atoms with van der Waals surface area (Å²) < 4.78 is 25.1. The highest BCUT2D eigenvalue weighted by atomic mass is 32.2. The van der Waals surface area contributed by atoms with Crippen molar-refractivity contribution >= 4 is 15.7 Å². The summed E-state index contributed by atoms with van der Waals surface area (Å²) >= 11 is 0. The van der Waals surface area contributed by atoms with Gasteiger partial charge in [-0.1, -0.05) is 29.8 Å². The maximum absolute atomic E-state index is 12.5. The first-order valence-electron chi connectivity index (χ1n) is 9.14. The second-order valence-electron chi connectivity index (χ2n) is 7.62. The van der Waals surface area contributed by atoms with E-state index in [1.165, 1.54) is 0 Å². The molecule has 0 heterocycles. The molecule has 5 nitrogen and oxygen atoms in total. The van der Waals surface area contributed by atoms with Gasteiger partial charge >= 0.3 is 0 Å². The number of aryl methyl sites for hydroxylation is 1. The predicted molar refractivity (Wildman–Crippen MR) is 106 cm³/mol. The van der Waals surface area contributed by atoms with Crippen molar-refractivity contribution in [1.29, 1.82) is 0 Å². The third-order valence-corrected chi connectivity index (χ3v) is 6.96. The molecule has 1 unspecified atom stereocenters. The number of carbonyl (C=O) groups excluding carboxylic acids is 1. The van der Waals surface area contributed by atoms with Crippen molar-refractivity contribution < 1.29 is 13.2 Å². The molecule has 3 rings (SSSR count). The molecule has 0 aliphatic heterocycles. The molecule has 1 fully saturated rings. The standard InChI is InChI=1S/C21H26N2O3S/c1-15-3-11-19(12-4-15)27(25,26)13-16-5-7-17(8-6-16)20(24)23-21(2,14-22)18-9-10-18/h3-8,11-12,18H,9-10,13-14,22H2,1-2H3,(H,23,24). The quantitative estimate of drug-likeness (QED) is 0.766. The Bertz CT molecular complexity index is 917. The van der Waals surface area contributed by atoms with Crippen LogP contribution in [0.1, 0.15) is 41.3 Å². The van der Waals surface area contributed by atoms with Gasteiger partial charge in [0.2, 0.25) is 0 Å². The normalized spacial score (nSPS) is 16.6. The molecule has 27 heavy (non-hydrogen) atoms. The Balaban J connectivity index is 1.69. The van der Waals surface area contributed by atoms with Gasteiger partial charge in [0.15, 0.2) is 9.84 Å². The van der Waals surface area contributed by atoms with Crippen molar-refractivity contribution in [1.82, 2.24) is 5.32 Å². The van der Waals surface area contributed by atoms with Crippen molar-refractivity contribution in [3.05, 3.63) is 65.2 Å². The molecule has 2 aromatic carbocycles. The number of rotatable bonds is 7. The third-order valence-electron chi connectivity index (χ3n) is 5.25. The molecule has 1 saturated carbocycles. The van der Waals surface area contributed by atoms with Crippen molar-refractivity contribution in [2.24, 2.45) is 11.7 Å². The molecule has 0 saturated heterocycles. The van der Waals surface area contributed by atoms with Gasteiger partial charge in [0, 0.05) is 12.1 Å². The van der Waals surface area contributed by atoms with E-state index in [4.69, 9.17) is 5.73 Å². The summed E-state index contributed by atoms with van der Waals surface area (Å²) in [6.45, 7) is 4.29. The minimum Gasteiger partial charge on any atom is -0.345 e. The van der Waals surface area contributed by atoms with Crippen molar-refractivity contribution in [3.8, 4) is 0 Å². The smallest absolute Gasteiger partial charge is 0.251 e. The van der Waals surface area contributed by atoms with Crippen molar-refractivity contribution in [2.75, 3.05) is 6.54 Å². The van der Waals surface area contributed by atoms with E-state index in [0.29, 0.717) is 28.5 Å². The highest BCUT2D eigenvalue weighted by molar-refractivity contribution is 7.90. The largest absolute Gasteiger partial charge is 0.345 e. The fourth-order valence-corrected chi connectivity index (χ4v) is 4.52. The third kappa shape index (κ3) is 4.57. The lowest BCUT2D eigenvalue weighted by atomic mass is 9.95. The van der Waals surface area contributed by atoms with E-state index in [-0.39, 0.29) is 17.2 Å². The van der Waals surface area contributed by atoms with Gasteiger partial charge in [-0.3, -0.25) is 4.79 Å². The molecule has 3 N–H and O–H groups in total. The van der Waals surface area contributed by atoms with E-state index in [1.807, 2.05) is 13.8 Å². The number of sulfone groups is 1. The minimum atomic E-state index is -3.42. The van der Waals surface area contributed by atoms with Gasteiger partial charge in [0.25, 0.3) is 5.91 Å². The van der Waals surface area contributed by atoms with E-state index < -0.39 is 9.84 Å². The van der Waals surface area contributed by atoms with Crippen LogP contribution in [0.5, 0.6) is 0 Å². The fourth-order valence-electron chi connectivity index (χ4n) is 3.17. The zero-order valence-corrected chi connectivity index (χ0v) is 16.6. The Morgan fingerprint density at radius 2 is 1.70 bits per heavy atom. The predicted octanol–water partition coefficient (Wildman–Crippen LogP) is 2.83. The minimum absolute atomic E-state index is 0.0967. The van der Waals surface area contributed by atoms with Crippen LogP contribution in [0.2, 0.25) is 0 Å². The van der Waals surface area contributed by atoms with E-state index in [2.05, 4.69) is 5.32 Å². The van der Waals surface area contributed by atoms with Crippen LogP contribution < -0.4 is 11.1 Å². The molecule has 0 bridgehead atoms. The summed E-state index contributed by atoms with van der Waals surface area (Å²) in [6, 6.07) is 13.5. The number of hydrogen-bond acceptors (Lipinski definition) is 4. The molecule has 2 aromatic rings. The second kappa shape index (κ2) is 7.44. The lowest BCUT2D eigenvalue weighted by molar-refractivity contribution is 0.0898.